The van der Waals surface area contributed by atoms with Crippen LogP contribution in [0.1, 0.15) is 5.69 Å². The maximum absolute atomic E-state index is 4.72. The second kappa shape index (κ2) is 2.86. The lowest BCUT2D eigenvalue weighted by molar-refractivity contribution is 1.27. The molecule has 0 aliphatic carbocycles. The van der Waals surface area contributed by atoms with Gasteiger partial charge in [-0.1, -0.05) is 6.07 Å². The third-order valence-corrected chi connectivity index (χ3v) is 1.50. The van der Waals surface area contributed by atoms with Crippen LogP contribution >= 0.6 is 12.2 Å². The summed E-state index contributed by atoms with van der Waals surface area (Å²) < 4.78 is 0. The quantitative estimate of drug-likeness (QED) is 0.610. The molecule has 0 bridgehead atoms. The van der Waals surface area contributed by atoms with Crippen molar-refractivity contribution in [1.82, 2.24) is 4.98 Å². The number of nitrogens with zero attached hydrogens (tertiary/aromatic N) is 4. The molecule has 0 fully saturated rings. The molecular formula is C7H4N4S. The third kappa shape index (κ3) is 1.26. The Morgan fingerprint density at radius 3 is 2.67 bits per heavy atom. The van der Waals surface area contributed by atoms with Gasteiger partial charge in [0.05, 0.1) is 0 Å². The molecule has 1 aliphatic heterocycles. The number of aliphatic imine (C=N–C) groups is 1. The van der Waals surface area contributed by atoms with Crippen LogP contribution in [0.25, 0.3) is 0 Å². The molecule has 2 heterocycles. The van der Waals surface area contributed by atoms with Gasteiger partial charge >= 0.3 is 0 Å². The van der Waals surface area contributed by atoms with Gasteiger partial charge in [-0.2, -0.15) is 4.99 Å². The fraction of sp³-hybridized carbons (Fsp3) is 0. The first-order valence-corrected chi connectivity index (χ1v) is 3.73. The van der Waals surface area contributed by atoms with Crippen molar-refractivity contribution in [2.24, 2.45) is 15.2 Å². The molecule has 1 aliphatic rings. The zero-order chi connectivity index (χ0) is 8.39. The molecule has 4 nitrogen and oxygen atoms in total. The van der Waals surface area contributed by atoms with E-state index >= 15 is 0 Å². The van der Waals surface area contributed by atoms with E-state index in [1.807, 2.05) is 18.2 Å². The minimum Gasteiger partial charge on any atom is -0.253 e. The van der Waals surface area contributed by atoms with Crippen molar-refractivity contribution in [3.05, 3.63) is 30.1 Å². The molecular weight excluding hydrogens is 172 g/mol. The summed E-state index contributed by atoms with van der Waals surface area (Å²) in [5, 5.41) is 7.62. The highest BCUT2D eigenvalue weighted by molar-refractivity contribution is 7.80. The Balaban J connectivity index is 2.40. The number of hydrogen-bond acceptors (Lipinski definition) is 3. The Hall–Kier alpha value is -1.49. The zero-order valence-corrected chi connectivity index (χ0v) is 6.82. The van der Waals surface area contributed by atoms with Crippen molar-refractivity contribution < 1.29 is 0 Å². The molecule has 0 saturated heterocycles. The first-order valence-electron chi connectivity index (χ1n) is 3.32. The number of amidine groups is 1. The minimum absolute atomic E-state index is 0.260. The van der Waals surface area contributed by atoms with Crippen LogP contribution < -0.4 is 0 Å². The number of thiocarbonyl (C=S) groups is 1. The normalized spacial score (nSPS) is 15.0. The lowest BCUT2D eigenvalue weighted by atomic mass is 10.3. The lowest BCUT2D eigenvalue weighted by Crippen LogP contribution is -1.96. The van der Waals surface area contributed by atoms with E-state index in [4.69, 9.17) is 12.2 Å². The van der Waals surface area contributed by atoms with E-state index in [-0.39, 0.29) is 5.11 Å². The second-order valence-corrected chi connectivity index (χ2v) is 2.50. The van der Waals surface area contributed by atoms with E-state index in [2.05, 4.69) is 20.2 Å². The van der Waals surface area contributed by atoms with Gasteiger partial charge in [0, 0.05) is 6.20 Å². The van der Waals surface area contributed by atoms with Crippen molar-refractivity contribution in [2.45, 2.75) is 0 Å². The van der Waals surface area contributed by atoms with Crippen LogP contribution in [0.3, 0.4) is 0 Å². The number of pyridine rings is 1. The molecule has 0 amide bonds. The summed E-state index contributed by atoms with van der Waals surface area (Å²) in [6.07, 6.45) is 1.68. The molecule has 5 heteroatoms. The van der Waals surface area contributed by atoms with Crippen LogP contribution in [0.5, 0.6) is 0 Å². The summed E-state index contributed by atoms with van der Waals surface area (Å²) >= 11 is 4.72. The first-order chi connectivity index (χ1) is 5.86. The van der Waals surface area contributed by atoms with Crippen LogP contribution in [-0.4, -0.2) is 15.9 Å². The standard InChI is InChI=1S/C7H4N4S/c12-7-9-6(10-11-7)5-3-1-2-4-8-5/h1-4H. The van der Waals surface area contributed by atoms with Gasteiger partial charge in [0.2, 0.25) is 10.9 Å². The molecule has 2 rings (SSSR count). The summed E-state index contributed by atoms with van der Waals surface area (Å²) in [5.74, 6) is 0.487. The number of rotatable bonds is 1. The summed E-state index contributed by atoms with van der Waals surface area (Å²) in [5.41, 5.74) is 0.695. The van der Waals surface area contributed by atoms with Gasteiger partial charge in [0.25, 0.3) is 0 Å². The van der Waals surface area contributed by atoms with Gasteiger partial charge in [0.1, 0.15) is 5.69 Å². The number of aromatic nitrogens is 1. The molecule has 0 radical (unpaired) electrons. The van der Waals surface area contributed by atoms with E-state index in [0.717, 1.165) is 0 Å². The van der Waals surface area contributed by atoms with Gasteiger partial charge < -0.3 is 0 Å². The second-order valence-electron chi connectivity index (χ2n) is 2.13. The predicted molar refractivity (Wildman–Crippen MR) is 48.2 cm³/mol. The van der Waals surface area contributed by atoms with E-state index in [9.17, 15) is 0 Å². The largest absolute Gasteiger partial charge is 0.253 e. The van der Waals surface area contributed by atoms with Crippen molar-refractivity contribution >= 4 is 23.2 Å². The van der Waals surface area contributed by atoms with Crippen LogP contribution in [0, 0.1) is 0 Å². The zero-order valence-electron chi connectivity index (χ0n) is 6.01. The molecule has 0 N–H and O–H groups in total. The maximum atomic E-state index is 4.72. The van der Waals surface area contributed by atoms with Gasteiger partial charge in [-0.3, -0.25) is 4.98 Å². The average Bonchev–Trinajstić information content (AvgIpc) is 2.54. The predicted octanol–water partition coefficient (Wildman–Crippen LogP) is 1.58. The van der Waals surface area contributed by atoms with Crippen molar-refractivity contribution in [3.63, 3.8) is 0 Å². The van der Waals surface area contributed by atoms with Crippen LogP contribution in [0.15, 0.2) is 39.6 Å². The van der Waals surface area contributed by atoms with Crippen molar-refractivity contribution in [1.29, 1.82) is 0 Å². The summed E-state index contributed by atoms with van der Waals surface area (Å²) in [6.45, 7) is 0. The van der Waals surface area contributed by atoms with Crippen LogP contribution in [-0.2, 0) is 0 Å². The Bertz CT molecular complexity index is 368. The number of azo groups is 1. The Labute approximate surface area is 74.1 Å². The van der Waals surface area contributed by atoms with Crippen molar-refractivity contribution in [3.8, 4) is 0 Å². The smallest absolute Gasteiger partial charge is 0.242 e. The molecule has 1 aromatic heterocycles. The molecule has 58 valence electrons. The molecule has 0 spiro atoms. The summed E-state index contributed by atoms with van der Waals surface area (Å²) in [7, 11) is 0. The molecule has 0 unspecified atom stereocenters. The summed E-state index contributed by atoms with van der Waals surface area (Å²) in [6, 6.07) is 5.50. The fourth-order valence-corrected chi connectivity index (χ4v) is 0.956. The SMILES string of the molecule is S=C1N=NC(c2ccccn2)=N1. The molecule has 1 aromatic rings. The van der Waals surface area contributed by atoms with Gasteiger partial charge in [-0.05, 0) is 24.4 Å². The highest BCUT2D eigenvalue weighted by atomic mass is 32.1. The summed E-state index contributed by atoms with van der Waals surface area (Å²) in [4.78, 5) is 7.96. The molecule has 0 saturated carbocycles. The third-order valence-electron chi connectivity index (χ3n) is 1.33. The Kier molecular flexibility index (Phi) is 1.71. The van der Waals surface area contributed by atoms with E-state index in [1.54, 1.807) is 6.20 Å². The monoisotopic (exact) mass is 176 g/mol. The van der Waals surface area contributed by atoms with E-state index in [0.29, 0.717) is 11.5 Å². The van der Waals surface area contributed by atoms with E-state index < -0.39 is 0 Å². The average molecular weight is 176 g/mol. The highest BCUT2D eigenvalue weighted by Gasteiger charge is 2.09. The van der Waals surface area contributed by atoms with Gasteiger partial charge in [-0.25, -0.2) is 0 Å². The van der Waals surface area contributed by atoms with Crippen LogP contribution in [0.2, 0.25) is 0 Å². The van der Waals surface area contributed by atoms with Crippen molar-refractivity contribution in [2.75, 3.05) is 0 Å². The number of hydrogen-bond donors (Lipinski definition) is 0. The Morgan fingerprint density at radius 2 is 2.08 bits per heavy atom. The minimum atomic E-state index is 0.260. The maximum Gasteiger partial charge on any atom is 0.242 e. The van der Waals surface area contributed by atoms with Crippen LogP contribution in [0.4, 0.5) is 0 Å². The molecule has 0 aromatic carbocycles. The highest BCUT2D eigenvalue weighted by Crippen LogP contribution is 2.05. The van der Waals surface area contributed by atoms with Gasteiger partial charge in [0.15, 0.2) is 0 Å². The topological polar surface area (TPSA) is 50.0 Å². The Morgan fingerprint density at radius 1 is 1.17 bits per heavy atom. The fourth-order valence-electron chi connectivity index (χ4n) is 0.829. The van der Waals surface area contributed by atoms with Gasteiger partial charge in [-0.15, -0.1) is 10.2 Å². The lowest BCUT2D eigenvalue weighted by Gasteiger charge is -1.91. The van der Waals surface area contributed by atoms with E-state index in [1.165, 1.54) is 0 Å². The molecule has 12 heavy (non-hydrogen) atoms. The first kappa shape index (κ1) is 7.17. The molecule has 0 atom stereocenters.